The molecule has 5 nitrogen and oxygen atoms in total. The molecule has 0 unspecified atom stereocenters. The Kier molecular flexibility index (Phi) is 6.01. The molecule has 27 heavy (non-hydrogen) atoms. The van der Waals surface area contributed by atoms with Crippen molar-refractivity contribution in [3.8, 4) is 11.1 Å². The lowest BCUT2D eigenvalue weighted by Gasteiger charge is -2.21. The minimum atomic E-state index is -0.328. The number of carbonyl (C=O) groups excluding carboxylic acids is 1. The molecule has 7 heteroatoms. The zero-order valence-electron chi connectivity index (χ0n) is 15.4. The molecule has 0 atom stereocenters. The Bertz CT molecular complexity index is 995. The smallest absolute Gasteiger partial charge is 0.263 e. The summed E-state index contributed by atoms with van der Waals surface area (Å²) in [6, 6.07) is 6.01. The van der Waals surface area contributed by atoms with Crippen LogP contribution >= 0.6 is 11.3 Å². The largest absolute Gasteiger partial charge is 0.341 e. The third-order valence-corrected chi connectivity index (χ3v) is 5.42. The van der Waals surface area contributed by atoms with Crippen molar-refractivity contribution < 1.29 is 9.18 Å². The summed E-state index contributed by atoms with van der Waals surface area (Å²) in [5.74, 6) is -0.418. The van der Waals surface area contributed by atoms with Crippen molar-refractivity contribution in [1.82, 2.24) is 14.5 Å². The summed E-state index contributed by atoms with van der Waals surface area (Å²) in [5, 5.41) is 2.32. The lowest BCUT2D eigenvalue weighted by atomic mass is 10.1. The molecule has 0 saturated heterocycles. The monoisotopic (exact) mass is 387 g/mol. The first-order valence-electron chi connectivity index (χ1n) is 9.05. The van der Waals surface area contributed by atoms with E-state index >= 15 is 0 Å². The number of hydrogen-bond donors (Lipinski definition) is 0. The highest BCUT2D eigenvalue weighted by Crippen LogP contribution is 2.30. The van der Waals surface area contributed by atoms with E-state index in [1.54, 1.807) is 17.0 Å². The van der Waals surface area contributed by atoms with Gasteiger partial charge in [-0.15, -0.1) is 11.3 Å². The molecule has 0 aliphatic rings. The van der Waals surface area contributed by atoms with Crippen LogP contribution in [-0.2, 0) is 11.3 Å². The van der Waals surface area contributed by atoms with Crippen LogP contribution in [0, 0.1) is 5.82 Å². The van der Waals surface area contributed by atoms with Crippen molar-refractivity contribution in [3.63, 3.8) is 0 Å². The highest BCUT2D eigenvalue weighted by Gasteiger charge is 2.17. The van der Waals surface area contributed by atoms with E-state index in [2.05, 4.69) is 11.9 Å². The maximum atomic E-state index is 13.2. The van der Waals surface area contributed by atoms with Crippen molar-refractivity contribution in [2.45, 2.75) is 33.2 Å². The number of aromatic nitrogens is 2. The normalized spacial score (nSPS) is 11.1. The first kappa shape index (κ1) is 19.2. The van der Waals surface area contributed by atoms with E-state index in [9.17, 15) is 14.0 Å². The van der Waals surface area contributed by atoms with Crippen LogP contribution in [0.3, 0.4) is 0 Å². The molecule has 142 valence electrons. The second kappa shape index (κ2) is 8.43. The molecule has 2 heterocycles. The molecule has 3 rings (SSSR count). The number of nitrogens with zero attached hydrogens (tertiary/aromatic N) is 3. The molecule has 0 N–H and O–H groups in total. The van der Waals surface area contributed by atoms with Crippen LogP contribution in [0.2, 0.25) is 0 Å². The van der Waals surface area contributed by atoms with Gasteiger partial charge in [0.2, 0.25) is 5.91 Å². The third-order valence-electron chi connectivity index (χ3n) is 4.54. The predicted molar refractivity (Wildman–Crippen MR) is 106 cm³/mol. The summed E-state index contributed by atoms with van der Waals surface area (Å²) in [5.41, 5.74) is 1.22. The fraction of sp³-hybridized carbons (Fsp3) is 0.350. The van der Waals surface area contributed by atoms with Gasteiger partial charge in [-0.05, 0) is 31.0 Å². The number of rotatable bonds is 7. The molecule has 3 aromatic rings. The molecule has 0 spiro atoms. The zero-order valence-corrected chi connectivity index (χ0v) is 16.3. The average molecular weight is 387 g/mol. The van der Waals surface area contributed by atoms with Gasteiger partial charge < -0.3 is 4.90 Å². The van der Waals surface area contributed by atoms with Gasteiger partial charge in [0.25, 0.3) is 5.56 Å². The van der Waals surface area contributed by atoms with Crippen LogP contribution in [0.4, 0.5) is 4.39 Å². The topological polar surface area (TPSA) is 55.2 Å². The maximum Gasteiger partial charge on any atom is 0.263 e. The maximum absolute atomic E-state index is 13.2. The second-order valence-electron chi connectivity index (χ2n) is 6.34. The number of benzene rings is 1. The molecule has 2 aromatic heterocycles. The zero-order chi connectivity index (χ0) is 19.4. The van der Waals surface area contributed by atoms with Gasteiger partial charge in [-0.25, -0.2) is 9.37 Å². The van der Waals surface area contributed by atoms with Crippen LogP contribution in [0.5, 0.6) is 0 Å². The molecule has 0 saturated carbocycles. The Morgan fingerprint density at radius 1 is 1.26 bits per heavy atom. The summed E-state index contributed by atoms with van der Waals surface area (Å²) in [4.78, 5) is 32.3. The standard InChI is InChI=1S/C20H22FN3O2S/c1-3-5-10-23(4-2)17(25)11-24-13-22-19-18(20(24)26)16(12-27-19)14-6-8-15(21)9-7-14/h6-9,12-13H,3-5,10-11H2,1-2H3. The Morgan fingerprint density at radius 2 is 2.00 bits per heavy atom. The van der Waals surface area contributed by atoms with Gasteiger partial charge in [0.1, 0.15) is 17.2 Å². The SMILES string of the molecule is CCCCN(CC)C(=O)Cn1cnc2scc(-c3ccc(F)cc3)c2c1=O. The predicted octanol–water partition coefficient (Wildman–Crippen LogP) is 3.91. The molecule has 0 bridgehead atoms. The molecule has 1 aromatic carbocycles. The molecule has 0 aliphatic carbocycles. The van der Waals surface area contributed by atoms with Crippen molar-refractivity contribution in [3.05, 3.63) is 52.1 Å². The number of fused-ring (bicyclic) bond motifs is 1. The lowest BCUT2D eigenvalue weighted by Crippen LogP contribution is -2.37. The van der Waals surface area contributed by atoms with Crippen molar-refractivity contribution in [2.75, 3.05) is 13.1 Å². The van der Waals surface area contributed by atoms with Crippen molar-refractivity contribution in [1.29, 1.82) is 0 Å². The molecular weight excluding hydrogens is 365 g/mol. The van der Waals surface area contributed by atoms with E-state index in [-0.39, 0.29) is 23.8 Å². The first-order chi connectivity index (χ1) is 13.0. The van der Waals surface area contributed by atoms with Crippen LogP contribution in [-0.4, -0.2) is 33.4 Å². The van der Waals surface area contributed by atoms with Gasteiger partial charge in [-0.2, -0.15) is 0 Å². The third kappa shape index (κ3) is 4.08. The van der Waals surface area contributed by atoms with Gasteiger partial charge in [0.05, 0.1) is 11.7 Å². The van der Waals surface area contributed by atoms with Gasteiger partial charge in [-0.1, -0.05) is 25.5 Å². The average Bonchev–Trinajstić information content (AvgIpc) is 3.10. The lowest BCUT2D eigenvalue weighted by molar-refractivity contribution is -0.131. The van der Waals surface area contributed by atoms with Crippen LogP contribution in [0.15, 0.2) is 40.8 Å². The fourth-order valence-electron chi connectivity index (χ4n) is 2.98. The highest BCUT2D eigenvalue weighted by molar-refractivity contribution is 7.17. The first-order valence-corrected chi connectivity index (χ1v) is 9.93. The van der Waals surface area contributed by atoms with E-state index in [1.807, 2.05) is 12.3 Å². The summed E-state index contributed by atoms with van der Waals surface area (Å²) in [6.45, 7) is 5.29. The van der Waals surface area contributed by atoms with E-state index in [0.29, 0.717) is 28.9 Å². The van der Waals surface area contributed by atoms with Crippen LogP contribution in [0.25, 0.3) is 21.3 Å². The number of halogens is 1. The number of carbonyl (C=O) groups is 1. The molecule has 0 fully saturated rings. The highest BCUT2D eigenvalue weighted by atomic mass is 32.1. The minimum Gasteiger partial charge on any atom is -0.341 e. The summed E-state index contributed by atoms with van der Waals surface area (Å²) < 4.78 is 14.6. The van der Waals surface area contributed by atoms with E-state index in [1.165, 1.54) is 34.4 Å². The summed E-state index contributed by atoms with van der Waals surface area (Å²) in [6.07, 6.45) is 3.37. The summed E-state index contributed by atoms with van der Waals surface area (Å²) >= 11 is 1.36. The number of amides is 1. The second-order valence-corrected chi connectivity index (χ2v) is 7.20. The van der Waals surface area contributed by atoms with Crippen LogP contribution < -0.4 is 5.56 Å². The Morgan fingerprint density at radius 3 is 2.67 bits per heavy atom. The molecular formula is C20H22FN3O2S. The van der Waals surface area contributed by atoms with Crippen molar-refractivity contribution >= 4 is 27.5 Å². The quantitative estimate of drug-likeness (QED) is 0.618. The van der Waals surface area contributed by atoms with Gasteiger partial charge in [0.15, 0.2) is 0 Å². The van der Waals surface area contributed by atoms with Gasteiger partial charge in [0, 0.05) is 24.0 Å². The number of thiophene rings is 1. The number of likely N-dealkylation sites (N-methyl/N-ethyl adjacent to an activating group) is 1. The Balaban J connectivity index is 1.95. The van der Waals surface area contributed by atoms with E-state index in [4.69, 9.17) is 0 Å². The van der Waals surface area contributed by atoms with E-state index in [0.717, 1.165) is 18.4 Å². The van der Waals surface area contributed by atoms with Gasteiger partial charge in [-0.3, -0.25) is 14.2 Å². The van der Waals surface area contributed by atoms with Crippen molar-refractivity contribution in [2.24, 2.45) is 0 Å². The number of unbranched alkanes of at least 4 members (excludes halogenated alkanes) is 1. The summed E-state index contributed by atoms with van der Waals surface area (Å²) in [7, 11) is 0. The van der Waals surface area contributed by atoms with Gasteiger partial charge >= 0.3 is 0 Å². The number of hydrogen-bond acceptors (Lipinski definition) is 4. The van der Waals surface area contributed by atoms with E-state index < -0.39 is 0 Å². The fourth-order valence-corrected chi connectivity index (χ4v) is 3.88. The minimum absolute atomic E-state index is 0.0297. The van der Waals surface area contributed by atoms with Crippen LogP contribution in [0.1, 0.15) is 26.7 Å². The Hall–Kier alpha value is -2.54. The molecule has 0 radical (unpaired) electrons. The molecule has 0 aliphatic heterocycles. The molecule has 1 amide bonds. The Labute approximate surface area is 161 Å².